The van der Waals surface area contributed by atoms with Gasteiger partial charge in [-0.25, -0.2) is 4.39 Å². The van der Waals surface area contributed by atoms with Crippen LogP contribution in [0.15, 0.2) is 30.5 Å². The highest BCUT2D eigenvalue weighted by Gasteiger charge is 2.64. The molecule has 0 bridgehead atoms. The van der Waals surface area contributed by atoms with Gasteiger partial charge in [0.2, 0.25) is 5.91 Å². The highest BCUT2D eigenvalue weighted by atomic mass is 19.4. The molecule has 33 heavy (non-hydrogen) atoms. The molecule has 1 fully saturated rings. The van der Waals surface area contributed by atoms with Crippen LogP contribution in [0.1, 0.15) is 54.7 Å². The first kappa shape index (κ1) is 24.4. The Morgan fingerprint density at radius 3 is 2.45 bits per heavy atom. The average molecular weight is 469 g/mol. The Kier molecular flexibility index (Phi) is 6.38. The van der Waals surface area contributed by atoms with Crippen LogP contribution < -0.4 is 10.6 Å². The number of hydrogen-bond donors (Lipinski definition) is 4. The third kappa shape index (κ3) is 5.24. The monoisotopic (exact) mass is 469 g/mol. The van der Waals surface area contributed by atoms with Gasteiger partial charge in [0.05, 0.1) is 12.0 Å². The number of anilines is 1. The predicted molar refractivity (Wildman–Crippen MR) is 110 cm³/mol. The molecule has 11 heteroatoms. The number of aliphatic hydroxyl groups is 1. The lowest BCUT2D eigenvalue weighted by Gasteiger charge is -2.23. The van der Waals surface area contributed by atoms with E-state index in [0.29, 0.717) is 0 Å². The summed E-state index contributed by atoms with van der Waals surface area (Å²) in [6, 6.07) is 4.44. The molecule has 0 saturated heterocycles. The van der Waals surface area contributed by atoms with E-state index >= 15 is 0 Å². The Morgan fingerprint density at radius 1 is 1.21 bits per heavy atom. The summed E-state index contributed by atoms with van der Waals surface area (Å²) in [7, 11) is 0. The van der Waals surface area contributed by atoms with E-state index in [1.807, 2.05) is 5.32 Å². The third-order valence-electron chi connectivity index (χ3n) is 5.71. The molecular weight excluding hydrogens is 446 g/mol. The SMILES string of the molecule is CCC(C)(O)c1cc(F)c(CC(=O)Nc2ccnc(C(=O)NC3(C(F)(F)F)CC3)c2)cc1O. The fourth-order valence-corrected chi connectivity index (χ4v) is 3.26. The number of nitrogens with one attached hydrogen (secondary N) is 2. The van der Waals surface area contributed by atoms with Crippen LogP contribution in [0.5, 0.6) is 5.75 Å². The lowest BCUT2D eigenvalue weighted by Crippen LogP contribution is -2.48. The number of hydrogen-bond acceptors (Lipinski definition) is 5. The number of amides is 2. The van der Waals surface area contributed by atoms with Crippen molar-refractivity contribution in [2.24, 2.45) is 0 Å². The van der Waals surface area contributed by atoms with Crippen molar-refractivity contribution in [3.63, 3.8) is 0 Å². The van der Waals surface area contributed by atoms with E-state index < -0.39 is 41.4 Å². The fraction of sp³-hybridized carbons (Fsp3) is 0.409. The second-order valence-electron chi connectivity index (χ2n) is 8.28. The van der Waals surface area contributed by atoms with Crippen LogP contribution in [-0.4, -0.2) is 38.7 Å². The van der Waals surface area contributed by atoms with E-state index in [0.717, 1.165) is 24.4 Å². The number of rotatable bonds is 7. The van der Waals surface area contributed by atoms with Crippen molar-refractivity contribution in [1.29, 1.82) is 0 Å². The highest BCUT2D eigenvalue weighted by Crippen LogP contribution is 2.49. The molecule has 3 rings (SSSR count). The largest absolute Gasteiger partial charge is 0.508 e. The van der Waals surface area contributed by atoms with Gasteiger partial charge in [0.25, 0.3) is 5.91 Å². The van der Waals surface area contributed by atoms with Gasteiger partial charge in [0.15, 0.2) is 0 Å². The molecule has 4 N–H and O–H groups in total. The van der Waals surface area contributed by atoms with Gasteiger partial charge in [0, 0.05) is 23.0 Å². The van der Waals surface area contributed by atoms with Crippen LogP contribution >= 0.6 is 0 Å². The van der Waals surface area contributed by atoms with Crippen molar-refractivity contribution in [3.05, 3.63) is 53.1 Å². The lowest BCUT2D eigenvalue weighted by atomic mass is 9.91. The van der Waals surface area contributed by atoms with E-state index in [2.05, 4.69) is 10.3 Å². The molecular formula is C22H23F4N3O4. The Morgan fingerprint density at radius 2 is 1.88 bits per heavy atom. The topological polar surface area (TPSA) is 112 Å². The molecule has 0 aliphatic heterocycles. The molecule has 1 aliphatic carbocycles. The number of aromatic nitrogens is 1. The van der Waals surface area contributed by atoms with Gasteiger partial charge in [-0.05, 0) is 50.5 Å². The normalized spacial score (nSPS) is 16.6. The van der Waals surface area contributed by atoms with Gasteiger partial charge in [-0.3, -0.25) is 14.6 Å². The standard InChI is InChI=1S/C22H23F4N3O4/c1-3-20(2,33)14-11-15(23)12(8-17(14)30)9-18(31)28-13-4-7-27-16(10-13)19(32)29-21(5-6-21)22(24,25)26/h4,7-8,10-11,30,33H,3,5-6,9H2,1-2H3,(H,29,32)(H,27,28,31). The summed E-state index contributed by atoms with van der Waals surface area (Å²) < 4.78 is 53.6. The summed E-state index contributed by atoms with van der Waals surface area (Å²) in [5.74, 6) is -2.90. The lowest BCUT2D eigenvalue weighted by molar-refractivity contribution is -0.163. The minimum Gasteiger partial charge on any atom is -0.508 e. The van der Waals surface area contributed by atoms with E-state index in [1.54, 1.807) is 6.92 Å². The number of pyridine rings is 1. The summed E-state index contributed by atoms with van der Waals surface area (Å²) in [5.41, 5.74) is -4.09. The number of benzene rings is 1. The molecule has 1 aliphatic rings. The maximum absolute atomic E-state index is 14.5. The van der Waals surface area contributed by atoms with Crippen molar-refractivity contribution in [2.45, 2.75) is 56.8 Å². The first-order valence-electron chi connectivity index (χ1n) is 10.2. The minimum absolute atomic E-state index is 0.0104. The first-order chi connectivity index (χ1) is 15.3. The van der Waals surface area contributed by atoms with Crippen LogP contribution in [-0.2, 0) is 16.8 Å². The van der Waals surface area contributed by atoms with Gasteiger partial charge < -0.3 is 20.8 Å². The predicted octanol–water partition coefficient (Wildman–Crippen LogP) is 3.55. The minimum atomic E-state index is -4.58. The molecule has 1 saturated carbocycles. The third-order valence-corrected chi connectivity index (χ3v) is 5.71. The van der Waals surface area contributed by atoms with Crippen LogP contribution in [0.2, 0.25) is 0 Å². The summed E-state index contributed by atoms with van der Waals surface area (Å²) in [5, 5.41) is 24.8. The molecule has 1 atom stereocenters. The molecule has 2 aromatic rings. The van der Waals surface area contributed by atoms with Gasteiger partial charge in [-0.2, -0.15) is 13.2 Å². The van der Waals surface area contributed by atoms with E-state index in [1.165, 1.54) is 13.0 Å². The number of aromatic hydroxyl groups is 1. The smallest absolute Gasteiger partial charge is 0.411 e. The molecule has 178 valence electrons. The summed E-state index contributed by atoms with van der Waals surface area (Å²) in [6.07, 6.45) is -4.13. The van der Waals surface area contributed by atoms with E-state index in [9.17, 15) is 37.4 Å². The van der Waals surface area contributed by atoms with Crippen molar-refractivity contribution < 1.29 is 37.4 Å². The van der Waals surface area contributed by atoms with E-state index in [-0.39, 0.29) is 47.5 Å². The molecule has 1 unspecified atom stereocenters. The second-order valence-corrected chi connectivity index (χ2v) is 8.28. The Labute approximate surface area is 186 Å². The number of phenols is 1. The van der Waals surface area contributed by atoms with Crippen LogP contribution in [0.25, 0.3) is 0 Å². The molecule has 1 heterocycles. The highest BCUT2D eigenvalue weighted by molar-refractivity contribution is 5.96. The van der Waals surface area contributed by atoms with Crippen molar-refractivity contribution >= 4 is 17.5 Å². The van der Waals surface area contributed by atoms with Crippen molar-refractivity contribution in [2.75, 3.05) is 5.32 Å². The number of carbonyl (C=O) groups is 2. The van der Waals surface area contributed by atoms with Crippen LogP contribution in [0, 0.1) is 5.82 Å². The molecule has 1 aromatic carbocycles. The van der Waals surface area contributed by atoms with Crippen LogP contribution in [0.3, 0.4) is 0 Å². The van der Waals surface area contributed by atoms with Crippen molar-refractivity contribution in [1.82, 2.24) is 10.3 Å². The quantitative estimate of drug-likeness (QED) is 0.464. The molecule has 1 aromatic heterocycles. The summed E-state index contributed by atoms with van der Waals surface area (Å²) in [6.45, 7) is 3.08. The Hall–Kier alpha value is -3.21. The zero-order valence-electron chi connectivity index (χ0n) is 17.9. The Bertz CT molecular complexity index is 1080. The number of nitrogens with zero attached hydrogens (tertiary/aromatic N) is 1. The average Bonchev–Trinajstić information content (AvgIpc) is 3.51. The molecule has 2 amide bonds. The van der Waals surface area contributed by atoms with Gasteiger partial charge in [-0.15, -0.1) is 0 Å². The van der Waals surface area contributed by atoms with E-state index in [4.69, 9.17) is 0 Å². The van der Waals surface area contributed by atoms with Crippen LogP contribution in [0.4, 0.5) is 23.2 Å². The first-order valence-corrected chi connectivity index (χ1v) is 10.2. The van der Waals surface area contributed by atoms with Gasteiger partial charge in [-0.1, -0.05) is 6.92 Å². The van der Waals surface area contributed by atoms with Gasteiger partial charge in [0.1, 0.15) is 22.8 Å². The molecule has 7 nitrogen and oxygen atoms in total. The number of halogens is 4. The summed E-state index contributed by atoms with van der Waals surface area (Å²) >= 11 is 0. The molecule has 0 radical (unpaired) electrons. The Balaban J connectivity index is 1.69. The zero-order chi connectivity index (χ0) is 24.6. The number of alkyl halides is 3. The zero-order valence-corrected chi connectivity index (χ0v) is 17.9. The van der Waals surface area contributed by atoms with Gasteiger partial charge >= 0.3 is 6.18 Å². The maximum Gasteiger partial charge on any atom is 0.411 e. The summed E-state index contributed by atoms with van der Waals surface area (Å²) in [4.78, 5) is 28.3. The van der Waals surface area contributed by atoms with Crippen molar-refractivity contribution in [3.8, 4) is 5.75 Å². The second kappa shape index (κ2) is 8.62. The molecule has 0 spiro atoms. The number of carbonyl (C=O) groups excluding carboxylic acids is 2. The maximum atomic E-state index is 14.5. The number of phenolic OH excluding ortho intramolecular Hbond substituents is 1. The fourth-order valence-electron chi connectivity index (χ4n) is 3.26.